The van der Waals surface area contributed by atoms with E-state index in [4.69, 9.17) is 0 Å². The predicted octanol–water partition coefficient (Wildman–Crippen LogP) is 2.32. The van der Waals surface area contributed by atoms with Crippen molar-refractivity contribution in [2.75, 3.05) is 25.0 Å². The Hall–Kier alpha value is -2.72. The van der Waals surface area contributed by atoms with Crippen LogP contribution in [0.15, 0.2) is 46.5 Å². The van der Waals surface area contributed by atoms with Gasteiger partial charge in [0.15, 0.2) is 0 Å². The second-order valence-electron chi connectivity index (χ2n) is 7.92. The van der Waals surface area contributed by atoms with E-state index in [1.807, 2.05) is 13.8 Å². The average molecular weight is 461 g/mol. The van der Waals surface area contributed by atoms with Crippen molar-refractivity contribution in [1.29, 1.82) is 0 Å². The molecule has 0 saturated heterocycles. The van der Waals surface area contributed by atoms with Gasteiger partial charge in [-0.3, -0.25) is 19.2 Å². The third-order valence-electron chi connectivity index (χ3n) is 5.82. The third-order valence-corrected chi connectivity index (χ3v) is 7.22. The number of aliphatic imine (C=N–C) groups is 1. The molecule has 1 aliphatic heterocycles. The van der Waals surface area contributed by atoms with Gasteiger partial charge < -0.3 is 10.2 Å². The first-order valence-electron chi connectivity index (χ1n) is 11.0. The summed E-state index contributed by atoms with van der Waals surface area (Å²) in [5, 5.41) is 7.23. The molecule has 0 unspecified atom stereocenters. The van der Waals surface area contributed by atoms with E-state index in [2.05, 4.69) is 38.9 Å². The van der Waals surface area contributed by atoms with Gasteiger partial charge in [-0.05, 0) is 31.1 Å². The Bertz CT molecular complexity index is 1070. The molecule has 2 atom stereocenters. The molecular formula is C22H32N6O3S. The molecule has 1 amide bonds. The monoisotopic (exact) mass is 460 g/mol. The van der Waals surface area contributed by atoms with Gasteiger partial charge in [-0.1, -0.05) is 46.2 Å². The van der Waals surface area contributed by atoms with Crippen LogP contribution in [0.2, 0.25) is 0 Å². The van der Waals surface area contributed by atoms with Crippen molar-refractivity contribution in [1.82, 2.24) is 19.4 Å². The van der Waals surface area contributed by atoms with E-state index >= 15 is 0 Å². The Morgan fingerprint density at radius 2 is 1.97 bits per heavy atom. The molecule has 2 aromatic rings. The van der Waals surface area contributed by atoms with Crippen molar-refractivity contribution in [3.63, 3.8) is 0 Å². The molecule has 9 nitrogen and oxygen atoms in total. The Balaban J connectivity index is 1.77. The number of rotatable bonds is 10. The minimum Gasteiger partial charge on any atom is -0.322 e. The highest BCUT2D eigenvalue weighted by molar-refractivity contribution is 7.90. The third kappa shape index (κ3) is 5.36. The summed E-state index contributed by atoms with van der Waals surface area (Å²) in [6.45, 7) is 11.7. The number of fused-ring (bicyclic) bond motifs is 1. The van der Waals surface area contributed by atoms with Crippen molar-refractivity contribution in [3.05, 3.63) is 42.2 Å². The molecule has 1 aliphatic rings. The highest BCUT2D eigenvalue weighted by Gasteiger charge is 2.33. The number of hydrogen-bond acceptors (Lipinski definition) is 6. The van der Waals surface area contributed by atoms with Crippen LogP contribution in [0, 0.1) is 5.92 Å². The second-order valence-corrected chi connectivity index (χ2v) is 9.57. The van der Waals surface area contributed by atoms with Crippen molar-refractivity contribution in [3.8, 4) is 0 Å². The maximum absolute atomic E-state index is 13.1. The summed E-state index contributed by atoms with van der Waals surface area (Å²) < 4.78 is 29.1. The van der Waals surface area contributed by atoms with Crippen molar-refractivity contribution in [2.45, 2.75) is 51.6 Å². The number of carbonyl (C=O) groups excluding carboxylic acids is 1. The molecule has 1 aromatic heterocycles. The number of sulfonamides is 1. The molecule has 0 aliphatic carbocycles. The van der Waals surface area contributed by atoms with Crippen molar-refractivity contribution >= 4 is 27.5 Å². The zero-order valence-electron chi connectivity index (χ0n) is 19.1. The zero-order valence-corrected chi connectivity index (χ0v) is 19.9. The number of amidine groups is 1. The van der Waals surface area contributed by atoms with Crippen LogP contribution in [0.1, 0.15) is 39.7 Å². The van der Waals surface area contributed by atoms with Crippen molar-refractivity contribution < 1.29 is 13.2 Å². The van der Waals surface area contributed by atoms with Gasteiger partial charge in [0.25, 0.3) is 10.0 Å². The fraction of sp³-hybridized carbons (Fsp3) is 0.500. The first-order valence-corrected chi connectivity index (χ1v) is 12.5. The fourth-order valence-corrected chi connectivity index (χ4v) is 4.83. The molecule has 174 valence electrons. The number of carbonyl (C=O) groups is 1. The van der Waals surface area contributed by atoms with Crippen LogP contribution in [0.4, 0.5) is 5.69 Å². The van der Waals surface area contributed by atoms with Gasteiger partial charge in [-0.25, -0.2) is 8.42 Å². The lowest BCUT2D eigenvalue weighted by Crippen LogP contribution is -2.34. The highest BCUT2D eigenvalue weighted by Crippen LogP contribution is 2.24. The highest BCUT2D eigenvalue weighted by atomic mass is 32.2. The first-order chi connectivity index (χ1) is 15.3. The predicted molar refractivity (Wildman–Crippen MR) is 125 cm³/mol. The average Bonchev–Trinajstić information content (AvgIpc) is 3.33. The summed E-state index contributed by atoms with van der Waals surface area (Å²) in [6, 6.07) is 5.89. The molecule has 0 spiro atoms. The lowest BCUT2D eigenvalue weighted by atomic mass is 9.98. The van der Waals surface area contributed by atoms with E-state index < -0.39 is 16.1 Å². The molecule has 0 saturated carbocycles. The lowest BCUT2D eigenvalue weighted by molar-refractivity contribution is -0.118. The van der Waals surface area contributed by atoms with Gasteiger partial charge in [0.1, 0.15) is 11.9 Å². The molecule has 32 heavy (non-hydrogen) atoms. The molecule has 3 rings (SSSR count). The molecule has 2 heterocycles. The van der Waals surface area contributed by atoms with E-state index in [1.54, 1.807) is 35.3 Å². The molecular weight excluding hydrogens is 428 g/mol. The van der Waals surface area contributed by atoms with Crippen LogP contribution in [0.25, 0.3) is 0 Å². The number of likely N-dealkylation sites (N-methyl/N-ethyl adjacent to an activating group) is 1. The lowest BCUT2D eigenvalue weighted by Gasteiger charge is -2.19. The maximum Gasteiger partial charge on any atom is 0.263 e. The second kappa shape index (κ2) is 10.3. The minimum absolute atomic E-state index is 0.0857. The van der Waals surface area contributed by atoms with Gasteiger partial charge in [-0.15, -0.1) is 0 Å². The topological polar surface area (TPSA) is 109 Å². The summed E-state index contributed by atoms with van der Waals surface area (Å²) in [5.74, 6) is -0.174. The number of anilines is 1. The summed E-state index contributed by atoms with van der Waals surface area (Å²) in [7, 11) is -3.66. The van der Waals surface area contributed by atoms with Crippen LogP contribution in [-0.4, -0.2) is 60.5 Å². The fourth-order valence-electron chi connectivity index (χ4n) is 3.59. The van der Waals surface area contributed by atoms with Gasteiger partial charge in [0, 0.05) is 18.3 Å². The molecule has 0 fully saturated rings. The molecule has 2 N–H and O–H groups in total. The SMILES string of the molecule is CC[C@H](C)[C@H](N=C1NS(=O)(=O)c2ccccc21)C(=O)Nc1cnn(CCN(CC)CC)c1. The minimum atomic E-state index is -3.66. The van der Waals surface area contributed by atoms with Crippen LogP contribution >= 0.6 is 0 Å². The molecule has 1 aromatic carbocycles. The van der Waals surface area contributed by atoms with E-state index in [0.29, 0.717) is 17.7 Å². The van der Waals surface area contributed by atoms with Crippen LogP contribution in [0.3, 0.4) is 0 Å². The normalized spacial score (nSPS) is 17.7. The largest absolute Gasteiger partial charge is 0.322 e. The Labute approximate surface area is 190 Å². The standard InChI is InChI=1S/C22H32N6O3S/c1-5-16(4)20(25-21-18-10-8-9-11-19(18)32(30,31)26-21)22(29)24-17-14-23-28(15-17)13-12-27(6-2)7-3/h8-11,14-16,20H,5-7,12-13H2,1-4H3,(H,24,29)(H,25,26)/t16-,20-/m0/s1. The maximum atomic E-state index is 13.1. The quantitative estimate of drug-likeness (QED) is 0.566. The van der Waals surface area contributed by atoms with Crippen LogP contribution in [0.5, 0.6) is 0 Å². The summed E-state index contributed by atoms with van der Waals surface area (Å²) >= 11 is 0. The summed E-state index contributed by atoms with van der Waals surface area (Å²) in [6.07, 6.45) is 4.14. The Morgan fingerprint density at radius 3 is 2.66 bits per heavy atom. The number of hydrogen-bond donors (Lipinski definition) is 2. The number of aromatic nitrogens is 2. The summed E-state index contributed by atoms with van der Waals surface area (Å²) in [5.41, 5.74) is 1.08. The van der Waals surface area contributed by atoms with Gasteiger partial charge >= 0.3 is 0 Å². The van der Waals surface area contributed by atoms with Gasteiger partial charge in [-0.2, -0.15) is 5.10 Å². The van der Waals surface area contributed by atoms with Gasteiger partial charge in [0.05, 0.1) is 23.3 Å². The van der Waals surface area contributed by atoms with Crippen LogP contribution in [-0.2, 0) is 21.4 Å². The molecule has 10 heteroatoms. The van der Waals surface area contributed by atoms with E-state index in [9.17, 15) is 13.2 Å². The van der Waals surface area contributed by atoms with Crippen molar-refractivity contribution in [2.24, 2.45) is 10.9 Å². The molecule has 0 radical (unpaired) electrons. The number of benzene rings is 1. The van der Waals surface area contributed by atoms with E-state index in [1.165, 1.54) is 6.07 Å². The Kier molecular flexibility index (Phi) is 7.68. The van der Waals surface area contributed by atoms with Gasteiger partial charge in [0.2, 0.25) is 5.91 Å². The number of amides is 1. The van der Waals surface area contributed by atoms with E-state index in [0.717, 1.165) is 26.2 Å². The van der Waals surface area contributed by atoms with Crippen LogP contribution < -0.4 is 10.0 Å². The summed E-state index contributed by atoms with van der Waals surface area (Å²) in [4.78, 5) is 20.1. The Morgan fingerprint density at radius 1 is 1.25 bits per heavy atom. The number of nitrogens with one attached hydrogen (secondary N) is 2. The number of nitrogens with zero attached hydrogens (tertiary/aromatic N) is 4. The molecule has 0 bridgehead atoms. The first kappa shape index (κ1) is 23.9. The zero-order chi connectivity index (χ0) is 23.3. The smallest absolute Gasteiger partial charge is 0.263 e. The van der Waals surface area contributed by atoms with E-state index in [-0.39, 0.29) is 22.6 Å².